The van der Waals surface area contributed by atoms with E-state index in [1.807, 2.05) is 19.2 Å². The molecule has 2 atom stereocenters. The van der Waals surface area contributed by atoms with Gasteiger partial charge in [-0.25, -0.2) is 4.39 Å². The van der Waals surface area contributed by atoms with Crippen LogP contribution in [0.4, 0.5) is 4.39 Å². The Hall–Kier alpha value is -0.120. The molecule has 1 N–H and O–H groups in total. The number of hydrogen-bond donors (Lipinski definition) is 1. The average Bonchev–Trinajstić information content (AvgIpc) is 2.75. The third kappa shape index (κ3) is 2.67. The summed E-state index contributed by atoms with van der Waals surface area (Å²) >= 11 is 9.20. The Labute approximate surface area is 115 Å². The molecule has 17 heavy (non-hydrogen) atoms. The van der Waals surface area contributed by atoms with Crippen LogP contribution >= 0.6 is 27.5 Å². The van der Waals surface area contributed by atoms with Crippen molar-refractivity contribution in [2.24, 2.45) is 5.92 Å². The van der Waals surface area contributed by atoms with Crippen LogP contribution < -0.4 is 5.32 Å². The van der Waals surface area contributed by atoms with Crippen molar-refractivity contribution in [2.75, 3.05) is 13.6 Å². The van der Waals surface area contributed by atoms with Gasteiger partial charge >= 0.3 is 0 Å². The smallest absolute Gasteiger partial charge is 0.146 e. The van der Waals surface area contributed by atoms with E-state index in [2.05, 4.69) is 21.2 Å². The van der Waals surface area contributed by atoms with Crippen LogP contribution in [-0.4, -0.2) is 13.6 Å². The minimum absolute atomic E-state index is 0.206. The van der Waals surface area contributed by atoms with E-state index in [1.165, 1.54) is 12.8 Å². The van der Waals surface area contributed by atoms with E-state index in [0.29, 0.717) is 16.3 Å². The number of halogens is 3. The van der Waals surface area contributed by atoms with E-state index < -0.39 is 0 Å². The molecule has 1 aromatic rings. The van der Waals surface area contributed by atoms with Gasteiger partial charge in [0.1, 0.15) is 5.82 Å². The number of benzene rings is 1. The molecule has 0 amide bonds. The normalized spacial score (nSPS) is 24.2. The summed E-state index contributed by atoms with van der Waals surface area (Å²) in [7, 11) is 1.94. The molecule has 0 bridgehead atoms. The van der Waals surface area contributed by atoms with Gasteiger partial charge in [-0.2, -0.15) is 0 Å². The Kier molecular flexibility index (Phi) is 4.45. The Morgan fingerprint density at radius 3 is 2.94 bits per heavy atom. The molecular formula is C13H16BrClFN. The molecule has 0 radical (unpaired) electrons. The first-order chi connectivity index (χ1) is 8.15. The summed E-state index contributed by atoms with van der Waals surface area (Å²) in [5.74, 6) is 0.564. The highest BCUT2D eigenvalue weighted by Gasteiger charge is 2.30. The van der Waals surface area contributed by atoms with Crippen molar-refractivity contribution in [1.29, 1.82) is 0 Å². The van der Waals surface area contributed by atoms with E-state index in [-0.39, 0.29) is 10.8 Å². The molecular weight excluding hydrogens is 305 g/mol. The summed E-state index contributed by atoms with van der Waals surface area (Å²) in [4.78, 5) is 0. The van der Waals surface area contributed by atoms with Gasteiger partial charge in [0.2, 0.25) is 0 Å². The van der Waals surface area contributed by atoms with Crippen LogP contribution in [0.25, 0.3) is 0 Å². The maximum absolute atomic E-state index is 14.1. The molecule has 1 saturated carbocycles. The van der Waals surface area contributed by atoms with Crippen LogP contribution in [-0.2, 0) is 0 Å². The number of nitrogens with one attached hydrogen (secondary N) is 1. The van der Waals surface area contributed by atoms with Crippen LogP contribution in [0.5, 0.6) is 0 Å². The summed E-state index contributed by atoms with van der Waals surface area (Å²) in [6, 6.07) is 3.71. The fraction of sp³-hybridized carbons (Fsp3) is 0.538. The molecule has 4 heteroatoms. The second kappa shape index (κ2) is 5.68. The molecule has 1 nitrogen and oxygen atoms in total. The van der Waals surface area contributed by atoms with Crippen LogP contribution in [0.3, 0.4) is 0 Å². The van der Waals surface area contributed by atoms with Crippen molar-refractivity contribution in [3.05, 3.63) is 33.0 Å². The minimum Gasteiger partial charge on any atom is -0.319 e. The largest absolute Gasteiger partial charge is 0.319 e. The van der Waals surface area contributed by atoms with Crippen molar-refractivity contribution in [3.8, 4) is 0 Å². The molecule has 2 rings (SSSR count). The molecule has 0 saturated heterocycles. The lowest BCUT2D eigenvalue weighted by Crippen LogP contribution is -2.21. The van der Waals surface area contributed by atoms with Crippen molar-refractivity contribution >= 4 is 27.5 Å². The highest BCUT2D eigenvalue weighted by molar-refractivity contribution is 9.10. The predicted molar refractivity (Wildman–Crippen MR) is 73.1 cm³/mol. The van der Waals surface area contributed by atoms with Crippen LogP contribution in [0.15, 0.2) is 16.6 Å². The zero-order chi connectivity index (χ0) is 12.4. The van der Waals surface area contributed by atoms with Gasteiger partial charge in [-0.05, 0) is 65.8 Å². The molecule has 1 aliphatic carbocycles. The van der Waals surface area contributed by atoms with Gasteiger partial charge in [0.15, 0.2) is 0 Å². The Bertz CT molecular complexity index is 411. The molecule has 0 heterocycles. The summed E-state index contributed by atoms with van der Waals surface area (Å²) < 4.78 is 14.8. The first-order valence-electron chi connectivity index (χ1n) is 5.93. The van der Waals surface area contributed by atoms with Crippen molar-refractivity contribution in [1.82, 2.24) is 5.32 Å². The monoisotopic (exact) mass is 319 g/mol. The van der Waals surface area contributed by atoms with E-state index in [9.17, 15) is 4.39 Å². The summed E-state index contributed by atoms with van der Waals surface area (Å²) in [5.41, 5.74) is 0.774. The zero-order valence-electron chi connectivity index (χ0n) is 9.77. The van der Waals surface area contributed by atoms with Crippen molar-refractivity contribution in [2.45, 2.75) is 25.2 Å². The molecule has 2 unspecified atom stereocenters. The van der Waals surface area contributed by atoms with Gasteiger partial charge in [0.25, 0.3) is 0 Å². The molecule has 0 spiro atoms. The number of hydrogen-bond acceptors (Lipinski definition) is 1. The number of rotatable bonds is 3. The second-order valence-corrected chi connectivity index (χ2v) is 5.85. The minimum atomic E-state index is -0.256. The summed E-state index contributed by atoms with van der Waals surface area (Å²) in [6.07, 6.45) is 3.39. The van der Waals surface area contributed by atoms with E-state index >= 15 is 0 Å². The van der Waals surface area contributed by atoms with Crippen molar-refractivity contribution < 1.29 is 4.39 Å². The van der Waals surface area contributed by atoms with Gasteiger partial charge < -0.3 is 5.32 Å². The molecule has 0 aliphatic heterocycles. The molecule has 94 valence electrons. The summed E-state index contributed by atoms with van der Waals surface area (Å²) in [5, 5.41) is 3.40. The zero-order valence-corrected chi connectivity index (χ0v) is 12.1. The highest BCUT2D eigenvalue weighted by atomic mass is 79.9. The lowest BCUT2D eigenvalue weighted by Gasteiger charge is -2.20. The van der Waals surface area contributed by atoms with Gasteiger partial charge in [-0.15, -0.1) is 0 Å². The quantitative estimate of drug-likeness (QED) is 0.817. The second-order valence-electron chi connectivity index (χ2n) is 4.62. The first kappa shape index (κ1) is 13.3. The topological polar surface area (TPSA) is 12.0 Å². The van der Waals surface area contributed by atoms with Crippen LogP contribution in [0.2, 0.25) is 5.02 Å². The summed E-state index contributed by atoms with van der Waals surface area (Å²) in [6.45, 7) is 0.942. The molecule has 1 aromatic carbocycles. The Morgan fingerprint density at radius 2 is 2.24 bits per heavy atom. The first-order valence-corrected chi connectivity index (χ1v) is 7.10. The van der Waals surface area contributed by atoms with Crippen molar-refractivity contribution in [3.63, 3.8) is 0 Å². The predicted octanol–water partition coefficient (Wildman–Crippen LogP) is 4.34. The SMILES string of the molecule is CNCC1CCCC1c1ccc(Br)c(Cl)c1F. The van der Waals surface area contributed by atoms with Gasteiger partial charge in [-0.3, -0.25) is 0 Å². The average molecular weight is 321 g/mol. The van der Waals surface area contributed by atoms with Crippen LogP contribution in [0.1, 0.15) is 30.7 Å². The van der Waals surface area contributed by atoms with Crippen LogP contribution in [0, 0.1) is 11.7 Å². The molecule has 1 fully saturated rings. The lowest BCUT2D eigenvalue weighted by molar-refractivity contribution is 0.447. The standard InChI is InChI=1S/C13H16BrClFN/c1-17-7-8-3-2-4-9(8)10-5-6-11(14)12(15)13(10)16/h5-6,8-9,17H,2-4,7H2,1H3. The fourth-order valence-corrected chi connectivity index (χ4v) is 3.26. The molecule has 0 aromatic heterocycles. The highest BCUT2D eigenvalue weighted by Crippen LogP contribution is 2.42. The van der Waals surface area contributed by atoms with Gasteiger partial charge in [0, 0.05) is 4.47 Å². The molecule has 1 aliphatic rings. The maximum Gasteiger partial charge on any atom is 0.146 e. The lowest BCUT2D eigenvalue weighted by atomic mass is 9.88. The fourth-order valence-electron chi connectivity index (χ4n) is 2.78. The van der Waals surface area contributed by atoms with Gasteiger partial charge in [0.05, 0.1) is 5.02 Å². The Morgan fingerprint density at radius 1 is 1.47 bits per heavy atom. The van der Waals surface area contributed by atoms with E-state index in [0.717, 1.165) is 18.5 Å². The third-order valence-electron chi connectivity index (χ3n) is 3.59. The van der Waals surface area contributed by atoms with E-state index in [4.69, 9.17) is 11.6 Å². The van der Waals surface area contributed by atoms with E-state index in [1.54, 1.807) is 0 Å². The maximum atomic E-state index is 14.1. The van der Waals surface area contributed by atoms with Gasteiger partial charge in [-0.1, -0.05) is 24.1 Å². The third-order valence-corrected chi connectivity index (χ3v) is 4.85. The Balaban J connectivity index is 2.30.